The van der Waals surface area contributed by atoms with Gasteiger partial charge in [-0.15, -0.1) is 0 Å². The van der Waals surface area contributed by atoms with Gasteiger partial charge in [0.1, 0.15) is 0 Å². The predicted octanol–water partition coefficient (Wildman–Crippen LogP) is 2.62. The second-order valence-electron chi connectivity index (χ2n) is 5.79. The normalized spacial score (nSPS) is 21.1. The van der Waals surface area contributed by atoms with Gasteiger partial charge in [-0.3, -0.25) is 0 Å². The minimum atomic E-state index is 0.635. The maximum atomic E-state index is 3.67. The molecule has 1 aliphatic heterocycles. The SMILES string of the molecule is CCC(CCn1ccc2ccccc21)C1CNCCN1. The van der Waals surface area contributed by atoms with Gasteiger partial charge in [-0.25, -0.2) is 0 Å². The van der Waals surface area contributed by atoms with E-state index >= 15 is 0 Å². The van der Waals surface area contributed by atoms with E-state index in [1.54, 1.807) is 0 Å². The molecular formula is C17H25N3. The highest BCUT2D eigenvalue weighted by Gasteiger charge is 2.21. The number of nitrogens with zero attached hydrogens (tertiary/aromatic N) is 1. The average molecular weight is 271 g/mol. The van der Waals surface area contributed by atoms with Gasteiger partial charge in [-0.1, -0.05) is 31.5 Å². The van der Waals surface area contributed by atoms with Crippen LogP contribution in [0.4, 0.5) is 0 Å². The Balaban J connectivity index is 1.65. The van der Waals surface area contributed by atoms with Crippen LogP contribution in [0.15, 0.2) is 36.5 Å². The molecule has 1 aromatic carbocycles. The summed E-state index contributed by atoms with van der Waals surface area (Å²) in [6.07, 6.45) is 4.72. The molecule has 0 radical (unpaired) electrons. The maximum absolute atomic E-state index is 3.67. The van der Waals surface area contributed by atoms with Crippen molar-refractivity contribution in [3.8, 4) is 0 Å². The largest absolute Gasteiger partial charge is 0.347 e. The van der Waals surface area contributed by atoms with Crippen LogP contribution in [-0.2, 0) is 6.54 Å². The molecule has 2 unspecified atom stereocenters. The van der Waals surface area contributed by atoms with E-state index in [-0.39, 0.29) is 0 Å². The summed E-state index contributed by atoms with van der Waals surface area (Å²) in [5.41, 5.74) is 1.36. The molecule has 108 valence electrons. The fourth-order valence-corrected chi connectivity index (χ4v) is 3.34. The van der Waals surface area contributed by atoms with Gasteiger partial charge in [-0.2, -0.15) is 0 Å². The summed E-state index contributed by atoms with van der Waals surface area (Å²) in [6, 6.07) is 11.5. The third kappa shape index (κ3) is 2.89. The van der Waals surface area contributed by atoms with E-state index in [4.69, 9.17) is 0 Å². The Morgan fingerprint density at radius 1 is 1.25 bits per heavy atom. The molecule has 2 atom stereocenters. The van der Waals surface area contributed by atoms with Crippen molar-refractivity contribution >= 4 is 10.9 Å². The van der Waals surface area contributed by atoms with Crippen LogP contribution in [-0.4, -0.2) is 30.2 Å². The van der Waals surface area contributed by atoms with Crippen molar-refractivity contribution in [3.63, 3.8) is 0 Å². The Kier molecular flexibility index (Phi) is 4.38. The highest BCUT2D eigenvalue weighted by molar-refractivity contribution is 5.79. The molecule has 2 aromatic rings. The molecule has 1 aromatic heterocycles. The minimum Gasteiger partial charge on any atom is -0.347 e. The number of piperazine rings is 1. The number of hydrogen-bond acceptors (Lipinski definition) is 2. The highest BCUT2D eigenvalue weighted by Crippen LogP contribution is 2.19. The molecule has 1 aliphatic rings. The summed E-state index contributed by atoms with van der Waals surface area (Å²) < 4.78 is 2.40. The lowest BCUT2D eigenvalue weighted by Crippen LogP contribution is -2.51. The Bertz CT molecular complexity index is 540. The lowest BCUT2D eigenvalue weighted by atomic mass is 9.92. The zero-order chi connectivity index (χ0) is 13.8. The van der Waals surface area contributed by atoms with Crippen molar-refractivity contribution in [1.29, 1.82) is 0 Å². The maximum Gasteiger partial charge on any atom is 0.0480 e. The van der Waals surface area contributed by atoms with Crippen LogP contribution < -0.4 is 10.6 Å². The number of aromatic nitrogens is 1. The molecule has 3 rings (SSSR count). The van der Waals surface area contributed by atoms with Gasteiger partial charge < -0.3 is 15.2 Å². The number of para-hydroxylation sites is 1. The second kappa shape index (κ2) is 6.42. The van der Waals surface area contributed by atoms with Crippen LogP contribution in [0.1, 0.15) is 19.8 Å². The molecular weight excluding hydrogens is 246 g/mol. The molecule has 3 nitrogen and oxygen atoms in total. The number of benzene rings is 1. The minimum absolute atomic E-state index is 0.635. The van der Waals surface area contributed by atoms with Crippen molar-refractivity contribution in [1.82, 2.24) is 15.2 Å². The summed E-state index contributed by atoms with van der Waals surface area (Å²) >= 11 is 0. The molecule has 1 saturated heterocycles. The molecule has 0 bridgehead atoms. The molecule has 0 amide bonds. The first-order chi connectivity index (χ1) is 9.88. The summed E-state index contributed by atoms with van der Waals surface area (Å²) in [7, 11) is 0. The van der Waals surface area contributed by atoms with E-state index in [1.807, 2.05) is 0 Å². The fourth-order valence-electron chi connectivity index (χ4n) is 3.34. The van der Waals surface area contributed by atoms with Crippen LogP contribution >= 0.6 is 0 Å². The Morgan fingerprint density at radius 2 is 2.15 bits per heavy atom. The standard InChI is InChI=1S/C17H25N3/c1-2-14(16-13-18-9-10-19-16)7-11-20-12-8-15-5-3-4-6-17(15)20/h3-6,8,12,14,16,18-19H,2,7,9-11,13H2,1H3. The number of hydrogen-bond donors (Lipinski definition) is 2. The second-order valence-corrected chi connectivity index (χ2v) is 5.79. The van der Waals surface area contributed by atoms with E-state index < -0.39 is 0 Å². The summed E-state index contributed by atoms with van der Waals surface area (Å²) in [4.78, 5) is 0. The van der Waals surface area contributed by atoms with Gasteiger partial charge in [-0.05, 0) is 29.9 Å². The number of nitrogens with one attached hydrogen (secondary N) is 2. The van der Waals surface area contributed by atoms with Crippen molar-refractivity contribution in [2.45, 2.75) is 32.4 Å². The molecule has 3 heteroatoms. The quantitative estimate of drug-likeness (QED) is 0.875. The zero-order valence-electron chi connectivity index (χ0n) is 12.3. The molecule has 20 heavy (non-hydrogen) atoms. The number of fused-ring (bicyclic) bond motifs is 1. The molecule has 1 fully saturated rings. The van der Waals surface area contributed by atoms with E-state index in [1.165, 1.54) is 23.7 Å². The van der Waals surface area contributed by atoms with Crippen LogP contribution in [0.3, 0.4) is 0 Å². The first-order valence-corrected chi connectivity index (χ1v) is 7.86. The van der Waals surface area contributed by atoms with Gasteiger partial charge in [0.2, 0.25) is 0 Å². The molecule has 0 aliphatic carbocycles. The van der Waals surface area contributed by atoms with Gasteiger partial charge in [0.15, 0.2) is 0 Å². The van der Waals surface area contributed by atoms with E-state index in [0.29, 0.717) is 6.04 Å². The molecule has 2 heterocycles. The molecule has 0 saturated carbocycles. The van der Waals surface area contributed by atoms with Crippen LogP contribution in [0.25, 0.3) is 10.9 Å². The van der Waals surface area contributed by atoms with E-state index in [2.05, 4.69) is 58.7 Å². The van der Waals surface area contributed by atoms with Gasteiger partial charge in [0.05, 0.1) is 0 Å². The summed E-state index contributed by atoms with van der Waals surface area (Å²) in [5, 5.41) is 8.51. The number of rotatable bonds is 5. The van der Waals surface area contributed by atoms with Crippen LogP contribution in [0.2, 0.25) is 0 Å². The van der Waals surface area contributed by atoms with Gasteiger partial charge >= 0.3 is 0 Å². The average Bonchev–Trinajstić information content (AvgIpc) is 2.92. The lowest BCUT2D eigenvalue weighted by molar-refractivity contribution is 0.279. The number of aryl methyl sites for hydroxylation is 1. The highest BCUT2D eigenvalue weighted by atomic mass is 15.1. The summed E-state index contributed by atoms with van der Waals surface area (Å²) in [5.74, 6) is 0.754. The lowest BCUT2D eigenvalue weighted by Gasteiger charge is -2.31. The fraction of sp³-hybridized carbons (Fsp3) is 0.529. The third-order valence-corrected chi connectivity index (χ3v) is 4.59. The molecule has 2 N–H and O–H groups in total. The van der Waals surface area contributed by atoms with Crippen molar-refractivity contribution in [3.05, 3.63) is 36.5 Å². The Labute approximate surface area is 121 Å². The van der Waals surface area contributed by atoms with Crippen molar-refractivity contribution in [2.24, 2.45) is 5.92 Å². The zero-order valence-corrected chi connectivity index (χ0v) is 12.3. The third-order valence-electron chi connectivity index (χ3n) is 4.59. The van der Waals surface area contributed by atoms with Gasteiger partial charge in [0.25, 0.3) is 0 Å². The van der Waals surface area contributed by atoms with Gasteiger partial charge in [0, 0.05) is 43.9 Å². The van der Waals surface area contributed by atoms with E-state index in [0.717, 1.165) is 32.1 Å². The van der Waals surface area contributed by atoms with Crippen molar-refractivity contribution < 1.29 is 0 Å². The topological polar surface area (TPSA) is 29.0 Å². The predicted molar refractivity (Wildman–Crippen MR) is 85.0 cm³/mol. The monoisotopic (exact) mass is 271 g/mol. The Morgan fingerprint density at radius 3 is 2.95 bits per heavy atom. The Hall–Kier alpha value is -1.32. The van der Waals surface area contributed by atoms with Crippen LogP contribution in [0, 0.1) is 5.92 Å². The first kappa shape index (κ1) is 13.7. The summed E-state index contributed by atoms with van der Waals surface area (Å²) in [6.45, 7) is 6.76. The molecule has 0 spiro atoms. The van der Waals surface area contributed by atoms with Crippen molar-refractivity contribution in [2.75, 3.05) is 19.6 Å². The first-order valence-electron chi connectivity index (χ1n) is 7.86. The smallest absolute Gasteiger partial charge is 0.0480 e. The van der Waals surface area contributed by atoms with Crippen LogP contribution in [0.5, 0.6) is 0 Å². The van der Waals surface area contributed by atoms with E-state index in [9.17, 15) is 0 Å².